The van der Waals surface area contributed by atoms with E-state index in [4.69, 9.17) is 17.2 Å². The van der Waals surface area contributed by atoms with Crippen LogP contribution in [-0.4, -0.2) is 41.8 Å². The molecular weight excluding hydrogens is 260 g/mol. The van der Waals surface area contributed by atoms with Crippen LogP contribution in [0.5, 0.6) is 0 Å². The fourth-order valence-electron chi connectivity index (χ4n) is 1.78. The fourth-order valence-corrected chi connectivity index (χ4v) is 1.78. The highest BCUT2D eigenvalue weighted by Gasteiger charge is 2.23. The minimum Gasteiger partial charge on any atom is -0.368 e. The predicted octanol–water partition coefficient (Wildman–Crippen LogP) is -1.64. The van der Waals surface area contributed by atoms with Gasteiger partial charge < -0.3 is 22.1 Å². The highest BCUT2D eigenvalue weighted by Crippen LogP contribution is 2.04. The summed E-state index contributed by atoms with van der Waals surface area (Å²) in [5.41, 5.74) is 16.8. The molecule has 7 nitrogen and oxygen atoms in total. The second-order valence-electron chi connectivity index (χ2n) is 4.42. The molecule has 0 aromatic heterocycles. The smallest absolute Gasteiger partial charge is 0.240 e. The Morgan fingerprint density at radius 3 is 1.95 bits per heavy atom. The lowest BCUT2D eigenvalue weighted by Crippen LogP contribution is -2.50. The highest BCUT2D eigenvalue weighted by molar-refractivity contribution is 5.90. The van der Waals surface area contributed by atoms with Gasteiger partial charge in [0.1, 0.15) is 0 Å². The van der Waals surface area contributed by atoms with Gasteiger partial charge in [0.2, 0.25) is 17.7 Å². The van der Waals surface area contributed by atoms with E-state index in [0.717, 1.165) is 10.5 Å². The maximum atomic E-state index is 12.1. The van der Waals surface area contributed by atoms with Crippen molar-refractivity contribution in [3.05, 3.63) is 35.9 Å². The first-order valence-electron chi connectivity index (χ1n) is 6.05. The van der Waals surface area contributed by atoms with Crippen molar-refractivity contribution in [3.63, 3.8) is 0 Å². The van der Waals surface area contributed by atoms with Gasteiger partial charge in [-0.2, -0.15) is 0 Å². The Hall–Kier alpha value is -2.41. The molecule has 0 aliphatic rings. The van der Waals surface area contributed by atoms with Gasteiger partial charge in [-0.25, -0.2) is 0 Å². The van der Waals surface area contributed by atoms with Gasteiger partial charge in [-0.1, -0.05) is 30.3 Å². The zero-order valence-corrected chi connectivity index (χ0v) is 11.0. The van der Waals surface area contributed by atoms with Gasteiger partial charge in [0, 0.05) is 0 Å². The summed E-state index contributed by atoms with van der Waals surface area (Å²) in [7, 11) is 0. The zero-order valence-electron chi connectivity index (χ0n) is 11.0. The standard InChI is InChI=1S/C13H18N4O3/c14-10(6-9-4-2-1-3-5-9)13(20)17(7-11(15)18)8-12(16)19/h1-5,10H,6-8,14H2,(H2,15,18)(H2,16,19)/t10-/m0/s1. The minimum absolute atomic E-state index is 0.299. The number of hydrogen-bond donors (Lipinski definition) is 3. The van der Waals surface area contributed by atoms with Crippen LogP contribution in [0.4, 0.5) is 0 Å². The third kappa shape index (κ3) is 5.07. The number of hydrogen-bond acceptors (Lipinski definition) is 4. The first kappa shape index (κ1) is 15.6. The molecule has 108 valence electrons. The van der Waals surface area contributed by atoms with Gasteiger partial charge in [-0.3, -0.25) is 14.4 Å². The molecule has 0 bridgehead atoms. The van der Waals surface area contributed by atoms with Gasteiger partial charge in [-0.05, 0) is 12.0 Å². The van der Waals surface area contributed by atoms with Crippen molar-refractivity contribution in [1.82, 2.24) is 4.90 Å². The van der Waals surface area contributed by atoms with Crippen LogP contribution < -0.4 is 17.2 Å². The van der Waals surface area contributed by atoms with Gasteiger partial charge >= 0.3 is 0 Å². The first-order chi connectivity index (χ1) is 9.40. The normalized spacial score (nSPS) is 11.7. The number of carbonyl (C=O) groups excluding carboxylic acids is 3. The first-order valence-corrected chi connectivity index (χ1v) is 6.05. The van der Waals surface area contributed by atoms with E-state index < -0.39 is 23.8 Å². The molecule has 20 heavy (non-hydrogen) atoms. The van der Waals surface area contributed by atoms with Crippen molar-refractivity contribution in [2.75, 3.05) is 13.1 Å². The van der Waals surface area contributed by atoms with Crippen molar-refractivity contribution >= 4 is 17.7 Å². The molecule has 1 rings (SSSR count). The summed E-state index contributed by atoms with van der Waals surface area (Å²) in [5.74, 6) is -2.00. The van der Waals surface area contributed by atoms with Crippen LogP contribution in [-0.2, 0) is 20.8 Å². The Kier molecular flexibility index (Phi) is 5.67. The molecule has 0 spiro atoms. The predicted molar refractivity (Wildman–Crippen MR) is 73.1 cm³/mol. The van der Waals surface area contributed by atoms with Crippen molar-refractivity contribution < 1.29 is 14.4 Å². The summed E-state index contributed by atoms with van der Waals surface area (Å²) < 4.78 is 0. The molecule has 0 aliphatic carbocycles. The SMILES string of the molecule is NC(=O)CN(CC(N)=O)C(=O)[C@@H](N)Cc1ccccc1. The molecule has 0 saturated carbocycles. The Morgan fingerprint density at radius 2 is 1.50 bits per heavy atom. The number of nitrogens with two attached hydrogens (primary N) is 3. The molecule has 0 aliphatic heterocycles. The lowest BCUT2D eigenvalue weighted by atomic mass is 10.1. The topological polar surface area (TPSA) is 133 Å². The second kappa shape index (κ2) is 7.25. The van der Waals surface area contributed by atoms with Crippen LogP contribution in [0.1, 0.15) is 5.56 Å². The Bertz CT molecular complexity index is 474. The van der Waals surface area contributed by atoms with Crippen LogP contribution in [0.2, 0.25) is 0 Å². The van der Waals surface area contributed by atoms with Crippen LogP contribution in [0, 0.1) is 0 Å². The largest absolute Gasteiger partial charge is 0.368 e. The van der Waals surface area contributed by atoms with E-state index in [2.05, 4.69) is 0 Å². The van der Waals surface area contributed by atoms with Crippen molar-refractivity contribution in [2.24, 2.45) is 17.2 Å². The zero-order chi connectivity index (χ0) is 15.1. The number of rotatable bonds is 7. The molecule has 7 heteroatoms. The summed E-state index contributed by atoms with van der Waals surface area (Å²) in [5, 5.41) is 0. The Morgan fingerprint density at radius 1 is 1.00 bits per heavy atom. The van der Waals surface area contributed by atoms with Gasteiger partial charge in [-0.15, -0.1) is 0 Å². The molecule has 1 atom stereocenters. The summed E-state index contributed by atoms with van der Waals surface area (Å²) in [6.45, 7) is -0.769. The third-order valence-corrected chi connectivity index (χ3v) is 2.62. The summed E-state index contributed by atoms with van der Waals surface area (Å²) in [6, 6.07) is 8.31. The van der Waals surface area contributed by atoms with Crippen molar-refractivity contribution in [2.45, 2.75) is 12.5 Å². The van der Waals surface area contributed by atoms with E-state index in [1.54, 1.807) is 0 Å². The number of amides is 3. The van der Waals surface area contributed by atoms with E-state index in [1.807, 2.05) is 30.3 Å². The van der Waals surface area contributed by atoms with E-state index in [1.165, 1.54) is 0 Å². The molecule has 0 radical (unpaired) electrons. The number of nitrogens with zero attached hydrogens (tertiary/aromatic N) is 1. The third-order valence-electron chi connectivity index (χ3n) is 2.62. The van der Waals surface area contributed by atoms with Crippen LogP contribution >= 0.6 is 0 Å². The average Bonchev–Trinajstić information content (AvgIpc) is 2.37. The van der Waals surface area contributed by atoms with Crippen LogP contribution in [0.25, 0.3) is 0 Å². The monoisotopic (exact) mass is 278 g/mol. The summed E-state index contributed by atoms with van der Waals surface area (Å²) >= 11 is 0. The maximum Gasteiger partial charge on any atom is 0.240 e. The van der Waals surface area contributed by atoms with E-state index >= 15 is 0 Å². The van der Waals surface area contributed by atoms with Gasteiger partial charge in [0.15, 0.2) is 0 Å². The van der Waals surface area contributed by atoms with Crippen molar-refractivity contribution in [3.8, 4) is 0 Å². The Labute approximate surface area is 116 Å². The fraction of sp³-hybridized carbons (Fsp3) is 0.308. The molecule has 1 aromatic carbocycles. The highest BCUT2D eigenvalue weighted by atomic mass is 16.2. The summed E-state index contributed by atoms with van der Waals surface area (Å²) in [4.78, 5) is 34.9. The summed E-state index contributed by atoms with van der Waals surface area (Å²) in [6.07, 6.45) is 0.299. The molecular formula is C13H18N4O3. The molecule has 0 unspecified atom stereocenters. The number of benzene rings is 1. The van der Waals surface area contributed by atoms with Crippen LogP contribution in [0.15, 0.2) is 30.3 Å². The lowest BCUT2D eigenvalue weighted by Gasteiger charge is -2.23. The molecule has 0 saturated heterocycles. The second-order valence-corrected chi connectivity index (χ2v) is 4.42. The van der Waals surface area contributed by atoms with Crippen LogP contribution in [0.3, 0.4) is 0 Å². The Balaban J connectivity index is 2.72. The van der Waals surface area contributed by atoms with Gasteiger partial charge in [0.25, 0.3) is 0 Å². The van der Waals surface area contributed by atoms with E-state index in [9.17, 15) is 14.4 Å². The van der Waals surface area contributed by atoms with Crippen molar-refractivity contribution in [1.29, 1.82) is 0 Å². The number of carbonyl (C=O) groups is 3. The maximum absolute atomic E-state index is 12.1. The lowest BCUT2D eigenvalue weighted by molar-refractivity contribution is -0.139. The van der Waals surface area contributed by atoms with Gasteiger partial charge in [0.05, 0.1) is 19.1 Å². The minimum atomic E-state index is -0.865. The van der Waals surface area contributed by atoms with E-state index in [-0.39, 0.29) is 13.1 Å². The average molecular weight is 278 g/mol. The molecule has 0 heterocycles. The quantitative estimate of drug-likeness (QED) is 0.551. The molecule has 0 fully saturated rings. The molecule has 3 amide bonds. The molecule has 6 N–H and O–H groups in total. The van der Waals surface area contributed by atoms with E-state index in [0.29, 0.717) is 6.42 Å². The molecule has 1 aromatic rings. The number of primary amides is 2.